The maximum absolute atomic E-state index is 12.1. The lowest BCUT2D eigenvalue weighted by Crippen LogP contribution is -2.40. The Balaban J connectivity index is 1.42. The van der Waals surface area contributed by atoms with Crippen LogP contribution in [0.25, 0.3) is 11.1 Å². The molecule has 0 bridgehead atoms. The van der Waals surface area contributed by atoms with Gasteiger partial charge in [0.05, 0.1) is 5.75 Å². The predicted octanol–water partition coefficient (Wildman–Crippen LogP) is 5.75. The van der Waals surface area contributed by atoms with Gasteiger partial charge in [-0.15, -0.1) is 0 Å². The Morgan fingerprint density at radius 2 is 1.31 bits per heavy atom. The third-order valence-electron chi connectivity index (χ3n) is 5.53. The number of hydrogen-bond acceptors (Lipinski definition) is 5. The Morgan fingerprint density at radius 1 is 0.722 bits per heavy atom. The molecule has 36 heavy (non-hydrogen) atoms. The second-order valence-electron chi connectivity index (χ2n) is 8.52. The first-order valence-electron chi connectivity index (χ1n) is 12.0. The highest BCUT2D eigenvalue weighted by atomic mass is 32.2. The van der Waals surface area contributed by atoms with Crippen LogP contribution in [0.5, 0.6) is 0 Å². The van der Waals surface area contributed by atoms with Crippen LogP contribution >= 0.6 is 11.8 Å². The number of hydrogen-bond donors (Lipinski definition) is 2. The molecule has 8 heteroatoms. The minimum atomic E-state index is -3.82. The maximum Gasteiger partial charge on any atom is 0.323 e. The minimum Gasteiger partial charge on any atom is -0.318 e. The number of carbonyl (C=O) groups is 2. The highest BCUT2D eigenvalue weighted by Crippen LogP contribution is 2.23. The van der Waals surface area contributed by atoms with Gasteiger partial charge in [0.25, 0.3) is 0 Å². The molecule has 0 aliphatic rings. The van der Waals surface area contributed by atoms with E-state index < -0.39 is 21.8 Å². The summed E-state index contributed by atoms with van der Waals surface area (Å²) in [5, 5.41) is 2.45. The van der Waals surface area contributed by atoms with Crippen LogP contribution in [-0.2, 0) is 31.1 Å². The van der Waals surface area contributed by atoms with Gasteiger partial charge < -0.3 is 5.32 Å². The molecule has 0 unspecified atom stereocenters. The minimum absolute atomic E-state index is 0.171. The van der Waals surface area contributed by atoms with Gasteiger partial charge in [-0.3, -0.25) is 9.59 Å². The van der Waals surface area contributed by atoms with Crippen LogP contribution in [0.4, 0.5) is 5.69 Å². The van der Waals surface area contributed by atoms with Gasteiger partial charge in [-0.25, -0.2) is 13.1 Å². The number of rotatable bonds is 12. The highest BCUT2D eigenvalue weighted by molar-refractivity contribution is 7.97. The molecule has 3 aromatic rings. The van der Waals surface area contributed by atoms with E-state index in [2.05, 4.69) is 41.7 Å². The summed E-state index contributed by atoms with van der Waals surface area (Å²) in [7, 11) is -3.82. The van der Waals surface area contributed by atoms with E-state index in [0.717, 1.165) is 36.3 Å². The second kappa shape index (κ2) is 13.8. The lowest BCUT2D eigenvalue weighted by molar-refractivity contribution is -0.135. The molecule has 0 aromatic heterocycles. The standard InChI is InChI=1S/C28H32N2O4S2/c1-2-3-4-8-19-36(33,34)30-28(32)27(31)29-26-17-13-23(14-18-26)21-35-20-22-11-15-25(16-12-22)24-9-6-5-7-10-24/h5-7,9-18H,2-4,8,19-21H2,1H3,(H,29,31)(H,30,32). The molecule has 6 nitrogen and oxygen atoms in total. The molecule has 0 atom stereocenters. The van der Waals surface area contributed by atoms with Crippen LogP contribution in [0.1, 0.15) is 43.7 Å². The first-order valence-corrected chi connectivity index (χ1v) is 14.8. The predicted molar refractivity (Wildman–Crippen MR) is 148 cm³/mol. The van der Waals surface area contributed by atoms with Crippen molar-refractivity contribution in [1.82, 2.24) is 4.72 Å². The molecule has 2 amide bonds. The number of amides is 2. The number of thioether (sulfide) groups is 1. The van der Waals surface area contributed by atoms with Gasteiger partial charge in [0.1, 0.15) is 0 Å². The summed E-state index contributed by atoms with van der Waals surface area (Å²) >= 11 is 1.78. The van der Waals surface area contributed by atoms with Crippen molar-refractivity contribution >= 4 is 39.3 Å². The zero-order chi connectivity index (χ0) is 25.8. The molecule has 0 saturated carbocycles. The number of sulfonamides is 1. The SMILES string of the molecule is CCCCCCS(=O)(=O)NC(=O)C(=O)Nc1ccc(CSCc2ccc(-c3ccccc3)cc2)cc1. The lowest BCUT2D eigenvalue weighted by atomic mass is 10.0. The van der Waals surface area contributed by atoms with Gasteiger partial charge in [-0.1, -0.05) is 92.9 Å². The summed E-state index contributed by atoms with van der Waals surface area (Å²) in [4.78, 5) is 24.1. The van der Waals surface area contributed by atoms with Gasteiger partial charge in [-0.05, 0) is 40.8 Å². The number of carbonyl (C=O) groups excluding carboxylic acids is 2. The maximum atomic E-state index is 12.1. The van der Waals surface area contributed by atoms with Gasteiger partial charge in [0, 0.05) is 17.2 Å². The molecule has 190 valence electrons. The molecule has 0 heterocycles. The Bertz CT molecular complexity index is 1230. The first kappa shape index (κ1) is 27.5. The van der Waals surface area contributed by atoms with E-state index >= 15 is 0 Å². The van der Waals surface area contributed by atoms with Crippen molar-refractivity contribution < 1.29 is 18.0 Å². The highest BCUT2D eigenvalue weighted by Gasteiger charge is 2.20. The third kappa shape index (κ3) is 9.17. The average molecular weight is 525 g/mol. The van der Waals surface area contributed by atoms with Crippen LogP contribution in [-0.4, -0.2) is 26.0 Å². The molecule has 0 saturated heterocycles. The lowest BCUT2D eigenvalue weighted by Gasteiger charge is -2.08. The first-order chi connectivity index (χ1) is 17.4. The van der Waals surface area contributed by atoms with Crippen molar-refractivity contribution in [3.8, 4) is 11.1 Å². The molecular weight excluding hydrogens is 492 g/mol. The molecular formula is C28H32N2O4S2. The van der Waals surface area contributed by atoms with Crippen molar-refractivity contribution in [2.24, 2.45) is 0 Å². The Kier molecular flexibility index (Phi) is 10.6. The van der Waals surface area contributed by atoms with E-state index in [4.69, 9.17) is 0 Å². The summed E-state index contributed by atoms with van der Waals surface area (Å²) in [5.41, 5.74) is 5.15. The van der Waals surface area contributed by atoms with Crippen LogP contribution in [0.3, 0.4) is 0 Å². The largest absolute Gasteiger partial charge is 0.323 e. The van der Waals surface area contributed by atoms with E-state index in [1.807, 2.05) is 42.0 Å². The quantitative estimate of drug-likeness (QED) is 0.232. The third-order valence-corrected chi connectivity index (χ3v) is 7.93. The smallest absolute Gasteiger partial charge is 0.318 e. The molecule has 0 aliphatic carbocycles. The number of benzene rings is 3. The van der Waals surface area contributed by atoms with Gasteiger partial charge in [0.15, 0.2) is 0 Å². The van der Waals surface area contributed by atoms with Crippen LogP contribution < -0.4 is 10.0 Å². The molecule has 2 N–H and O–H groups in total. The normalized spacial score (nSPS) is 11.1. The van der Waals surface area contributed by atoms with Crippen LogP contribution in [0, 0.1) is 0 Å². The van der Waals surface area contributed by atoms with Crippen molar-refractivity contribution in [2.75, 3.05) is 11.1 Å². The molecule has 0 radical (unpaired) electrons. The fourth-order valence-corrected chi connectivity index (χ4v) is 5.56. The van der Waals surface area contributed by atoms with Crippen LogP contribution in [0.2, 0.25) is 0 Å². The van der Waals surface area contributed by atoms with Crippen LogP contribution in [0.15, 0.2) is 78.9 Å². The number of unbranched alkanes of at least 4 members (excludes halogenated alkanes) is 3. The van der Waals surface area contributed by atoms with Crippen molar-refractivity contribution in [3.05, 3.63) is 90.0 Å². The monoisotopic (exact) mass is 524 g/mol. The van der Waals surface area contributed by atoms with Gasteiger partial charge in [-0.2, -0.15) is 11.8 Å². The van der Waals surface area contributed by atoms with Crippen molar-refractivity contribution in [1.29, 1.82) is 0 Å². The molecule has 0 spiro atoms. The summed E-state index contributed by atoms with van der Waals surface area (Å²) in [6, 6.07) is 26.0. The molecule has 3 rings (SSSR count). The fourth-order valence-electron chi connectivity index (χ4n) is 3.54. The zero-order valence-corrected chi connectivity index (χ0v) is 22.0. The van der Waals surface area contributed by atoms with Gasteiger partial charge in [0.2, 0.25) is 10.0 Å². The molecule has 0 aliphatic heterocycles. The summed E-state index contributed by atoms with van der Waals surface area (Å²) in [5.74, 6) is -0.682. The van der Waals surface area contributed by atoms with E-state index in [0.29, 0.717) is 12.1 Å². The Morgan fingerprint density at radius 3 is 1.92 bits per heavy atom. The van der Waals surface area contributed by atoms with E-state index in [1.54, 1.807) is 23.9 Å². The van der Waals surface area contributed by atoms with E-state index in [-0.39, 0.29) is 5.75 Å². The van der Waals surface area contributed by atoms with E-state index in [1.165, 1.54) is 16.7 Å². The topological polar surface area (TPSA) is 92.3 Å². The second-order valence-corrected chi connectivity index (χ2v) is 11.3. The van der Waals surface area contributed by atoms with Crippen molar-refractivity contribution in [2.45, 2.75) is 44.1 Å². The van der Waals surface area contributed by atoms with Crippen molar-refractivity contribution in [3.63, 3.8) is 0 Å². The summed E-state index contributed by atoms with van der Waals surface area (Å²) < 4.78 is 25.8. The summed E-state index contributed by atoms with van der Waals surface area (Å²) in [6.07, 6.45) is 3.13. The molecule has 3 aromatic carbocycles. The number of anilines is 1. The average Bonchev–Trinajstić information content (AvgIpc) is 2.88. The van der Waals surface area contributed by atoms with Gasteiger partial charge >= 0.3 is 11.8 Å². The number of nitrogens with one attached hydrogen (secondary N) is 2. The molecule has 0 fully saturated rings. The fraction of sp³-hybridized carbons (Fsp3) is 0.286. The Hall–Kier alpha value is -3.10. The van der Waals surface area contributed by atoms with E-state index in [9.17, 15) is 18.0 Å². The zero-order valence-electron chi connectivity index (χ0n) is 20.4. The Labute approximate surface area is 218 Å². The summed E-state index contributed by atoms with van der Waals surface area (Å²) in [6.45, 7) is 2.03.